The topological polar surface area (TPSA) is 82.2 Å². The Bertz CT molecular complexity index is 965. The van der Waals surface area contributed by atoms with Crippen LogP contribution < -0.4 is 15.8 Å². The number of hydrogen-bond acceptors (Lipinski definition) is 4. The second-order valence-corrected chi connectivity index (χ2v) is 6.77. The molecule has 1 aromatic heterocycles. The fourth-order valence-electron chi connectivity index (χ4n) is 3.09. The van der Waals surface area contributed by atoms with Gasteiger partial charge in [0, 0.05) is 30.9 Å². The number of nitrogens with zero attached hydrogens (tertiary/aromatic N) is 2. The molecule has 6 heteroatoms. The summed E-state index contributed by atoms with van der Waals surface area (Å²) in [7, 11) is 1.91. The number of amides is 1. The maximum Gasteiger partial charge on any atom is 0.252 e. The Hall–Kier alpha value is -3.12. The Morgan fingerprint density at radius 2 is 2.07 bits per heavy atom. The third-order valence-electron chi connectivity index (χ3n) is 4.69. The maximum absolute atomic E-state index is 12.8. The van der Waals surface area contributed by atoms with Crippen LogP contribution in [-0.2, 0) is 7.05 Å². The Balaban J connectivity index is 1.77. The molecule has 0 fully saturated rings. The zero-order chi connectivity index (χ0) is 20.1. The van der Waals surface area contributed by atoms with E-state index < -0.39 is 0 Å². The number of nitrogens with two attached hydrogens (primary N) is 1. The second-order valence-electron chi connectivity index (χ2n) is 6.77. The first-order chi connectivity index (χ1) is 13.5. The Labute approximate surface area is 165 Å². The van der Waals surface area contributed by atoms with Crippen LogP contribution >= 0.6 is 0 Å². The number of nitrogens with one attached hydrogen (secondary N) is 1. The Morgan fingerprint density at radius 3 is 2.79 bits per heavy atom. The molecule has 0 saturated heterocycles. The third-order valence-corrected chi connectivity index (χ3v) is 4.69. The summed E-state index contributed by atoms with van der Waals surface area (Å²) in [4.78, 5) is 12.8. The number of aromatic nitrogens is 2. The first-order valence-electron chi connectivity index (χ1n) is 9.32. The number of carbonyl (C=O) groups excluding carboxylic acids is 1. The summed E-state index contributed by atoms with van der Waals surface area (Å²) in [5.41, 5.74) is 10.1. The summed E-state index contributed by atoms with van der Waals surface area (Å²) in [5.74, 6) is 0.515. The molecule has 0 saturated carbocycles. The molecule has 0 unspecified atom stereocenters. The summed E-state index contributed by atoms with van der Waals surface area (Å²) in [5, 5.41) is 7.30. The van der Waals surface area contributed by atoms with Gasteiger partial charge < -0.3 is 15.8 Å². The molecule has 0 bridgehead atoms. The summed E-state index contributed by atoms with van der Waals surface area (Å²) < 4.78 is 7.38. The molecule has 146 valence electrons. The predicted molar refractivity (Wildman–Crippen MR) is 110 cm³/mol. The van der Waals surface area contributed by atoms with Crippen molar-refractivity contribution in [1.29, 1.82) is 0 Å². The maximum atomic E-state index is 12.8. The molecule has 0 radical (unpaired) electrons. The van der Waals surface area contributed by atoms with Crippen molar-refractivity contribution >= 4 is 5.91 Å². The van der Waals surface area contributed by atoms with Crippen LogP contribution in [0.2, 0.25) is 0 Å². The molecular weight excluding hydrogens is 352 g/mol. The lowest BCUT2D eigenvalue weighted by Crippen LogP contribution is -2.27. The van der Waals surface area contributed by atoms with Crippen LogP contribution in [-0.4, -0.2) is 28.8 Å². The highest BCUT2D eigenvalue weighted by atomic mass is 16.5. The second kappa shape index (κ2) is 8.71. The minimum Gasteiger partial charge on any atom is -0.492 e. The average molecular weight is 378 g/mol. The largest absolute Gasteiger partial charge is 0.492 e. The smallest absolute Gasteiger partial charge is 0.252 e. The number of ether oxygens (including phenoxy) is 1. The van der Waals surface area contributed by atoms with Crippen molar-refractivity contribution in [3.8, 4) is 17.0 Å². The number of rotatable bonds is 7. The first kappa shape index (κ1) is 19.6. The minimum absolute atomic E-state index is 0.130. The van der Waals surface area contributed by atoms with Gasteiger partial charge in [0.2, 0.25) is 0 Å². The summed E-state index contributed by atoms with van der Waals surface area (Å²) in [6.07, 6.45) is 1.77. The van der Waals surface area contributed by atoms with E-state index in [-0.39, 0.29) is 11.9 Å². The van der Waals surface area contributed by atoms with Gasteiger partial charge in [-0.05, 0) is 49.2 Å². The molecule has 0 aliphatic carbocycles. The van der Waals surface area contributed by atoms with E-state index in [1.165, 1.54) is 0 Å². The van der Waals surface area contributed by atoms with Crippen LogP contribution in [0.5, 0.6) is 5.75 Å². The number of hydrogen-bond donors (Lipinski definition) is 2. The van der Waals surface area contributed by atoms with Crippen LogP contribution in [0.4, 0.5) is 0 Å². The van der Waals surface area contributed by atoms with Crippen LogP contribution in [0.15, 0.2) is 54.7 Å². The molecule has 1 amide bonds. The van der Waals surface area contributed by atoms with Crippen molar-refractivity contribution in [1.82, 2.24) is 15.1 Å². The molecule has 3 aromatic rings. The van der Waals surface area contributed by atoms with Gasteiger partial charge in [0.25, 0.3) is 5.91 Å². The molecule has 0 aliphatic heterocycles. The molecule has 1 atom stereocenters. The van der Waals surface area contributed by atoms with Crippen molar-refractivity contribution in [2.45, 2.75) is 19.9 Å². The Morgan fingerprint density at radius 1 is 1.25 bits per heavy atom. The molecule has 2 aromatic carbocycles. The van der Waals surface area contributed by atoms with Gasteiger partial charge in [-0.15, -0.1) is 0 Å². The normalized spacial score (nSPS) is 11.9. The molecular formula is C22H26N4O2. The van der Waals surface area contributed by atoms with E-state index in [1.54, 1.807) is 12.3 Å². The van der Waals surface area contributed by atoms with Crippen molar-refractivity contribution in [2.75, 3.05) is 13.2 Å². The number of carbonyl (C=O) groups is 1. The SMILES string of the molecule is Cc1ccc(OCCN)cc1C(=O)N[C@H](C)c1cccc(-c2ccnn2C)c1. The van der Waals surface area contributed by atoms with Gasteiger partial charge in [-0.25, -0.2) is 0 Å². The van der Waals surface area contributed by atoms with Gasteiger partial charge in [0.05, 0.1) is 11.7 Å². The highest BCUT2D eigenvalue weighted by molar-refractivity contribution is 5.96. The van der Waals surface area contributed by atoms with E-state index in [0.29, 0.717) is 24.5 Å². The lowest BCUT2D eigenvalue weighted by atomic mass is 10.0. The van der Waals surface area contributed by atoms with Gasteiger partial charge >= 0.3 is 0 Å². The van der Waals surface area contributed by atoms with Crippen LogP contribution in [0.1, 0.15) is 34.5 Å². The quantitative estimate of drug-likeness (QED) is 0.661. The minimum atomic E-state index is -0.145. The Kier molecular flexibility index (Phi) is 6.11. The van der Waals surface area contributed by atoms with Gasteiger partial charge in [-0.3, -0.25) is 9.48 Å². The van der Waals surface area contributed by atoms with E-state index in [2.05, 4.69) is 16.5 Å². The predicted octanol–water partition coefficient (Wildman–Crippen LogP) is 3.22. The molecule has 3 rings (SSSR count). The van der Waals surface area contributed by atoms with Gasteiger partial charge in [0.15, 0.2) is 0 Å². The van der Waals surface area contributed by atoms with Gasteiger partial charge in [-0.1, -0.05) is 24.3 Å². The molecule has 6 nitrogen and oxygen atoms in total. The molecule has 0 spiro atoms. The first-order valence-corrected chi connectivity index (χ1v) is 9.32. The van der Waals surface area contributed by atoms with E-state index in [4.69, 9.17) is 10.5 Å². The summed E-state index contributed by atoms with van der Waals surface area (Å²) in [6, 6.07) is 15.4. The van der Waals surface area contributed by atoms with Crippen molar-refractivity contribution in [2.24, 2.45) is 12.8 Å². The highest BCUT2D eigenvalue weighted by Crippen LogP contribution is 2.24. The van der Waals surface area contributed by atoms with E-state index in [1.807, 2.05) is 62.0 Å². The van der Waals surface area contributed by atoms with Gasteiger partial charge in [-0.2, -0.15) is 5.10 Å². The summed E-state index contributed by atoms with van der Waals surface area (Å²) in [6.45, 7) is 4.74. The van der Waals surface area contributed by atoms with Crippen molar-refractivity contribution < 1.29 is 9.53 Å². The average Bonchev–Trinajstić information content (AvgIpc) is 3.13. The van der Waals surface area contributed by atoms with Crippen LogP contribution in [0, 0.1) is 6.92 Å². The molecule has 28 heavy (non-hydrogen) atoms. The van der Waals surface area contributed by atoms with E-state index in [9.17, 15) is 4.79 Å². The lowest BCUT2D eigenvalue weighted by molar-refractivity contribution is 0.0939. The zero-order valence-electron chi connectivity index (χ0n) is 16.5. The van der Waals surface area contributed by atoms with Crippen LogP contribution in [0.3, 0.4) is 0 Å². The third kappa shape index (κ3) is 4.40. The number of benzene rings is 2. The standard InChI is InChI=1S/C22H26N4O2/c1-15-7-8-19(28-12-10-23)14-20(15)22(27)25-16(2)17-5-4-6-18(13-17)21-9-11-24-26(21)3/h4-9,11,13-14,16H,10,12,23H2,1-3H3,(H,25,27)/t16-/m1/s1. The summed E-state index contributed by atoms with van der Waals surface area (Å²) >= 11 is 0. The molecule has 1 heterocycles. The molecule has 0 aliphatic rings. The fourth-order valence-corrected chi connectivity index (χ4v) is 3.09. The fraction of sp³-hybridized carbons (Fsp3) is 0.273. The number of aryl methyl sites for hydroxylation is 2. The van der Waals surface area contributed by atoms with Gasteiger partial charge in [0.1, 0.15) is 12.4 Å². The molecule has 3 N–H and O–H groups in total. The van der Waals surface area contributed by atoms with E-state index in [0.717, 1.165) is 22.4 Å². The van der Waals surface area contributed by atoms with Crippen LogP contribution in [0.25, 0.3) is 11.3 Å². The van der Waals surface area contributed by atoms with E-state index >= 15 is 0 Å². The van der Waals surface area contributed by atoms with Crippen molar-refractivity contribution in [3.63, 3.8) is 0 Å². The highest BCUT2D eigenvalue weighted by Gasteiger charge is 2.15. The monoisotopic (exact) mass is 378 g/mol. The zero-order valence-corrected chi connectivity index (χ0v) is 16.5. The lowest BCUT2D eigenvalue weighted by Gasteiger charge is -2.17. The van der Waals surface area contributed by atoms with Crippen molar-refractivity contribution in [3.05, 3.63) is 71.4 Å².